The molecule has 0 aliphatic heterocycles. The minimum atomic E-state index is -0.353. The van der Waals surface area contributed by atoms with Crippen LogP contribution in [0.3, 0.4) is 0 Å². The van der Waals surface area contributed by atoms with E-state index in [2.05, 4.69) is 41.9 Å². The largest absolute Gasteiger partial charge is 0.493 e. The molecule has 0 atom stereocenters. The van der Waals surface area contributed by atoms with Crippen molar-refractivity contribution in [1.82, 2.24) is 9.66 Å². The van der Waals surface area contributed by atoms with Crippen LogP contribution in [0.2, 0.25) is 5.02 Å². The fraction of sp³-hybridized carbons (Fsp3) is 0.192. The fourth-order valence-corrected chi connectivity index (χ4v) is 4.55. The monoisotopic (exact) mass is 635 g/mol. The number of ether oxygens (including phenoxy) is 2. The number of nitrogens with zero attached hydrogens (tertiary/aromatic N) is 3. The Hall–Kier alpha value is -2.75. The van der Waals surface area contributed by atoms with E-state index in [-0.39, 0.29) is 28.9 Å². The van der Waals surface area contributed by atoms with Crippen molar-refractivity contribution in [3.05, 3.63) is 95.6 Å². The molecule has 186 valence electrons. The molecule has 10 heteroatoms. The van der Waals surface area contributed by atoms with Gasteiger partial charge in [0, 0.05) is 20.4 Å². The van der Waals surface area contributed by atoms with Crippen molar-refractivity contribution in [2.75, 3.05) is 7.11 Å². The Bertz CT molecular complexity index is 1540. The molecule has 0 amide bonds. The van der Waals surface area contributed by atoms with E-state index in [1.165, 1.54) is 30.1 Å². The molecular formula is C26H21Br2ClFN3O3. The molecule has 0 aliphatic rings. The van der Waals surface area contributed by atoms with Crippen LogP contribution in [-0.4, -0.2) is 23.0 Å². The highest BCUT2D eigenvalue weighted by Crippen LogP contribution is 2.42. The fourth-order valence-electron chi connectivity index (χ4n) is 3.54. The summed E-state index contributed by atoms with van der Waals surface area (Å²) in [6.45, 7) is 3.98. The maximum Gasteiger partial charge on any atom is 0.282 e. The van der Waals surface area contributed by atoms with E-state index in [1.807, 2.05) is 19.9 Å². The van der Waals surface area contributed by atoms with Crippen molar-refractivity contribution in [3.8, 4) is 11.5 Å². The molecule has 0 spiro atoms. The van der Waals surface area contributed by atoms with Gasteiger partial charge in [0.2, 0.25) is 0 Å². The van der Waals surface area contributed by atoms with Crippen LogP contribution < -0.4 is 15.0 Å². The van der Waals surface area contributed by atoms with Gasteiger partial charge in [-0.05, 0) is 57.9 Å². The van der Waals surface area contributed by atoms with E-state index in [0.717, 1.165) is 4.47 Å². The molecule has 1 aromatic heterocycles. The summed E-state index contributed by atoms with van der Waals surface area (Å²) in [6.07, 6.45) is 1.51. The molecule has 0 bridgehead atoms. The van der Waals surface area contributed by atoms with Crippen LogP contribution in [0.1, 0.15) is 36.7 Å². The predicted octanol–water partition coefficient (Wildman–Crippen LogP) is 7.31. The van der Waals surface area contributed by atoms with Crippen LogP contribution in [0.25, 0.3) is 10.9 Å². The molecule has 4 aromatic rings. The first-order valence-corrected chi connectivity index (χ1v) is 12.9. The standard InChI is InChI=1S/C26H21Br2ClFN3O3/c1-14(2)25-32-20-8-7-17(27)11-19(20)26(34)33(25)31-12-16-10-21(35-3)24(23(29)22(16)28)36-13-15-5-4-6-18(30)9-15/h4-12,14H,13H2,1-3H3. The van der Waals surface area contributed by atoms with Crippen molar-refractivity contribution in [2.24, 2.45) is 5.10 Å². The zero-order chi connectivity index (χ0) is 26.0. The number of aromatic nitrogens is 2. The first kappa shape index (κ1) is 26.3. The van der Waals surface area contributed by atoms with E-state index >= 15 is 0 Å². The lowest BCUT2D eigenvalue weighted by Gasteiger charge is -2.15. The number of rotatable bonds is 7. The van der Waals surface area contributed by atoms with E-state index in [0.29, 0.717) is 43.8 Å². The number of hydrogen-bond donors (Lipinski definition) is 0. The third-order valence-electron chi connectivity index (χ3n) is 5.31. The molecule has 0 saturated heterocycles. The zero-order valence-corrected chi connectivity index (χ0v) is 23.5. The van der Waals surface area contributed by atoms with Crippen molar-refractivity contribution < 1.29 is 13.9 Å². The summed E-state index contributed by atoms with van der Waals surface area (Å²) in [7, 11) is 1.49. The molecular weight excluding hydrogens is 617 g/mol. The smallest absolute Gasteiger partial charge is 0.282 e. The van der Waals surface area contributed by atoms with Crippen LogP contribution >= 0.6 is 43.5 Å². The molecule has 0 saturated carbocycles. The molecule has 3 aromatic carbocycles. The Kier molecular flexibility index (Phi) is 8.12. The summed E-state index contributed by atoms with van der Waals surface area (Å²) in [6, 6.07) is 13.2. The van der Waals surface area contributed by atoms with Gasteiger partial charge in [0.15, 0.2) is 11.5 Å². The summed E-state index contributed by atoms with van der Waals surface area (Å²) in [5.41, 5.74) is 1.52. The van der Waals surface area contributed by atoms with Crippen LogP contribution in [0.5, 0.6) is 11.5 Å². The third kappa shape index (κ3) is 5.48. The molecule has 0 radical (unpaired) electrons. The zero-order valence-electron chi connectivity index (χ0n) is 19.6. The molecule has 0 unspecified atom stereocenters. The van der Waals surface area contributed by atoms with E-state index in [4.69, 9.17) is 21.1 Å². The maximum atomic E-state index is 13.5. The van der Waals surface area contributed by atoms with Crippen LogP contribution in [0, 0.1) is 5.82 Å². The van der Waals surface area contributed by atoms with E-state index < -0.39 is 0 Å². The van der Waals surface area contributed by atoms with Gasteiger partial charge in [0.25, 0.3) is 5.56 Å². The normalized spacial score (nSPS) is 11.6. The Morgan fingerprint density at radius 1 is 1.19 bits per heavy atom. The van der Waals surface area contributed by atoms with E-state index in [1.54, 1.807) is 30.3 Å². The predicted molar refractivity (Wildman–Crippen MR) is 147 cm³/mol. The van der Waals surface area contributed by atoms with Crippen LogP contribution in [-0.2, 0) is 6.61 Å². The first-order valence-electron chi connectivity index (χ1n) is 10.9. The quantitative estimate of drug-likeness (QED) is 0.200. The molecule has 1 heterocycles. The second-order valence-electron chi connectivity index (χ2n) is 8.19. The average molecular weight is 638 g/mol. The van der Waals surface area contributed by atoms with Gasteiger partial charge in [-0.1, -0.05) is 53.5 Å². The summed E-state index contributed by atoms with van der Waals surface area (Å²) in [4.78, 5) is 17.9. The molecule has 0 aliphatic carbocycles. The van der Waals surface area contributed by atoms with Gasteiger partial charge in [0.1, 0.15) is 23.3 Å². The first-order chi connectivity index (χ1) is 17.2. The second kappa shape index (κ2) is 11.1. The molecule has 36 heavy (non-hydrogen) atoms. The van der Waals surface area contributed by atoms with Gasteiger partial charge >= 0.3 is 0 Å². The van der Waals surface area contributed by atoms with E-state index in [9.17, 15) is 9.18 Å². The summed E-state index contributed by atoms with van der Waals surface area (Å²) in [5.74, 6) is 0.773. The number of halogens is 4. The second-order valence-corrected chi connectivity index (χ2v) is 10.3. The lowest BCUT2D eigenvalue weighted by atomic mass is 10.2. The van der Waals surface area contributed by atoms with Crippen molar-refractivity contribution in [2.45, 2.75) is 26.4 Å². The summed E-state index contributed by atoms with van der Waals surface area (Å²) < 4.78 is 27.4. The highest BCUT2D eigenvalue weighted by molar-refractivity contribution is 9.10. The van der Waals surface area contributed by atoms with Crippen molar-refractivity contribution in [1.29, 1.82) is 0 Å². The Labute approximate surface area is 229 Å². The minimum Gasteiger partial charge on any atom is -0.493 e. The number of hydrogen-bond acceptors (Lipinski definition) is 5. The van der Waals surface area contributed by atoms with Gasteiger partial charge in [-0.3, -0.25) is 4.79 Å². The van der Waals surface area contributed by atoms with Crippen molar-refractivity contribution in [3.63, 3.8) is 0 Å². The molecule has 4 rings (SSSR count). The summed E-state index contributed by atoms with van der Waals surface area (Å²) >= 11 is 13.5. The highest BCUT2D eigenvalue weighted by atomic mass is 79.9. The number of benzene rings is 3. The van der Waals surface area contributed by atoms with Gasteiger partial charge in [0.05, 0.1) is 24.2 Å². The Balaban J connectivity index is 1.74. The van der Waals surface area contributed by atoms with Crippen molar-refractivity contribution >= 4 is 60.6 Å². The average Bonchev–Trinajstić information content (AvgIpc) is 2.85. The minimum absolute atomic E-state index is 0.0527. The topological polar surface area (TPSA) is 65.7 Å². The van der Waals surface area contributed by atoms with Gasteiger partial charge in [-0.2, -0.15) is 9.78 Å². The summed E-state index contributed by atoms with van der Waals surface area (Å²) in [5, 5.41) is 5.16. The maximum absolute atomic E-state index is 13.5. The number of methoxy groups -OCH3 is 1. The van der Waals surface area contributed by atoms with Gasteiger partial charge in [-0.25, -0.2) is 9.37 Å². The molecule has 6 nitrogen and oxygen atoms in total. The SMILES string of the molecule is COc1cc(C=Nn2c(C(C)C)nc3ccc(Br)cc3c2=O)c(Br)c(Cl)c1OCc1cccc(F)c1. The van der Waals surface area contributed by atoms with Crippen LogP contribution in [0.4, 0.5) is 4.39 Å². The molecule has 0 fully saturated rings. The van der Waals surface area contributed by atoms with Gasteiger partial charge < -0.3 is 9.47 Å². The Morgan fingerprint density at radius 2 is 1.97 bits per heavy atom. The Morgan fingerprint density at radius 3 is 2.67 bits per heavy atom. The molecule has 0 N–H and O–H groups in total. The number of fused-ring (bicyclic) bond motifs is 1. The van der Waals surface area contributed by atoms with Crippen LogP contribution in [0.15, 0.2) is 67.4 Å². The van der Waals surface area contributed by atoms with Gasteiger partial charge in [-0.15, -0.1) is 0 Å². The lowest BCUT2D eigenvalue weighted by molar-refractivity contribution is 0.284. The third-order valence-corrected chi connectivity index (χ3v) is 7.25. The lowest BCUT2D eigenvalue weighted by Crippen LogP contribution is -2.23. The highest BCUT2D eigenvalue weighted by Gasteiger charge is 2.18.